The van der Waals surface area contributed by atoms with Gasteiger partial charge in [-0.25, -0.2) is 0 Å². The van der Waals surface area contributed by atoms with E-state index in [0.717, 1.165) is 50.5 Å². The number of halogens is 2. The van der Waals surface area contributed by atoms with E-state index in [4.69, 9.17) is 4.74 Å². The SMILES string of the molecule is C=CCC[C@@H](c1ccc(Oc2ccccc2)cc1)N1CCNCC1.Cl.Cl. The van der Waals surface area contributed by atoms with Crippen molar-refractivity contribution in [2.75, 3.05) is 26.2 Å². The fourth-order valence-corrected chi connectivity index (χ4v) is 3.21. The van der Waals surface area contributed by atoms with E-state index >= 15 is 0 Å². The zero-order valence-corrected chi connectivity index (χ0v) is 16.6. The van der Waals surface area contributed by atoms with E-state index < -0.39 is 0 Å². The predicted molar refractivity (Wildman–Crippen MR) is 114 cm³/mol. The molecule has 1 N–H and O–H groups in total. The molecule has 0 aliphatic carbocycles. The summed E-state index contributed by atoms with van der Waals surface area (Å²) in [6.07, 6.45) is 4.17. The minimum Gasteiger partial charge on any atom is -0.457 e. The van der Waals surface area contributed by atoms with Gasteiger partial charge in [-0.05, 0) is 42.7 Å². The number of para-hydroxylation sites is 1. The van der Waals surface area contributed by atoms with Crippen molar-refractivity contribution in [3.05, 3.63) is 72.8 Å². The van der Waals surface area contributed by atoms with Gasteiger partial charge in [0.1, 0.15) is 11.5 Å². The average molecular weight is 395 g/mol. The zero-order chi connectivity index (χ0) is 16.6. The molecule has 0 spiro atoms. The molecule has 5 heteroatoms. The summed E-state index contributed by atoms with van der Waals surface area (Å²) in [5.74, 6) is 1.75. The van der Waals surface area contributed by atoms with E-state index in [1.807, 2.05) is 36.4 Å². The number of nitrogens with zero attached hydrogens (tertiary/aromatic N) is 1. The maximum Gasteiger partial charge on any atom is 0.127 e. The van der Waals surface area contributed by atoms with Gasteiger partial charge in [-0.2, -0.15) is 0 Å². The molecule has 2 aromatic carbocycles. The number of rotatable bonds is 7. The average Bonchev–Trinajstić information content (AvgIpc) is 2.65. The highest BCUT2D eigenvalue weighted by Crippen LogP contribution is 2.29. The smallest absolute Gasteiger partial charge is 0.127 e. The molecule has 0 bridgehead atoms. The molecule has 1 heterocycles. The van der Waals surface area contributed by atoms with Crippen LogP contribution in [0.1, 0.15) is 24.4 Å². The van der Waals surface area contributed by atoms with Gasteiger partial charge in [0.2, 0.25) is 0 Å². The summed E-state index contributed by atoms with van der Waals surface area (Å²) in [6, 6.07) is 18.9. The Morgan fingerprint density at radius 2 is 1.58 bits per heavy atom. The Kier molecular flexibility index (Phi) is 10.4. The summed E-state index contributed by atoms with van der Waals surface area (Å²) in [4.78, 5) is 2.58. The molecule has 1 aliphatic rings. The number of piperazine rings is 1. The third kappa shape index (κ3) is 6.33. The van der Waals surface area contributed by atoms with Gasteiger partial charge in [-0.3, -0.25) is 4.90 Å². The first kappa shape index (κ1) is 22.5. The third-order valence-electron chi connectivity index (χ3n) is 4.48. The topological polar surface area (TPSA) is 24.5 Å². The second kappa shape index (κ2) is 12.0. The van der Waals surface area contributed by atoms with Crippen LogP contribution in [0.4, 0.5) is 0 Å². The van der Waals surface area contributed by atoms with E-state index in [0.29, 0.717) is 6.04 Å². The Balaban J connectivity index is 0.00000169. The van der Waals surface area contributed by atoms with Crippen molar-refractivity contribution < 1.29 is 4.74 Å². The van der Waals surface area contributed by atoms with Crippen LogP contribution in [-0.4, -0.2) is 31.1 Å². The van der Waals surface area contributed by atoms with Crippen molar-refractivity contribution in [3.63, 3.8) is 0 Å². The van der Waals surface area contributed by atoms with Crippen molar-refractivity contribution in [2.24, 2.45) is 0 Å². The molecule has 0 saturated carbocycles. The highest BCUT2D eigenvalue weighted by Gasteiger charge is 2.21. The molecule has 3 nitrogen and oxygen atoms in total. The molecular weight excluding hydrogens is 367 g/mol. The molecule has 2 aromatic rings. The summed E-state index contributed by atoms with van der Waals surface area (Å²) in [6.45, 7) is 8.22. The Hall–Kier alpha value is -1.52. The van der Waals surface area contributed by atoms with E-state index in [-0.39, 0.29) is 24.8 Å². The molecule has 0 radical (unpaired) electrons. The Bertz CT molecular complexity index is 628. The van der Waals surface area contributed by atoms with Crippen LogP contribution in [-0.2, 0) is 0 Å². The lowest BCUT2D eigenvalue weighted by Crippen LogP contribution is -2.45. The van der Waals surface area contributed by atoms with Gasteiger partial charge in [0.15, 0.2) is 0 Å². The quantitative estimate of drug-likeness (QED) is 0.650. The molecule has 1 aliphatic heterocycles. The molecule has 1 fully saturated rings. The minimum absolute atomic E-state index is 0. The highest BCUT2D eigenvalue weighted by atomic mass is 35.5. The van der Waals surface area contributed by atoms with Gasteiger partial charge < -0.3 is 10.1 Å². The lowest BCUT2D eigenvalue weighted by atomic mass is 9.99. The summed E-state index contributed by atoms with van der Waals surface area (Å²) in [5.41, 5.74) is 1.36. The molecule has 0 amide bonds. The van der Waals surface area contributed by atoms with E-state index in [2.05, 4.69) is 41.1 Å². The van der Waals surface area contributed by atoms with Crippen molar-refractivity contribution in [1.29, 1.82) is 0 Å². The fraction of sp³-hybridized carbons (Fsp3) is 0.333. The highest BCUT2D eigenvalue weighted by molar-refractivity contribution is 5.85. The maximum atomic E-state index is 5.90. The molecule has 0 unspecified atom stereocenters. The van der Waals surface area contributed by atoms with Crippen LogP contribution in [0.5, 0.6) is 11.5 Å². The van der Waals surface area contributed by atoms with Gasteiger partial charge in [-0.15, -0.1) is 31.4 Å². The van der Waals surface area contributed by atoms with Crippen LogP contribution in [0.25, 0.3) is 0 Å². The second-order valence-corrected chi connectivity index (χ2v) is 6.15. The first-order chi connectivity index (χ1) is 11.9. The monoisotopic (exact) mass is 394 g/mol. The molecule has 0 aromatic heterocycles. The Morgan fingerprint density at radius 3 is 2.19 bits per heavy atom. The lowest BCUT2D eigenvalue weighted by molar-refractivity contribution is 0.166. The maximum absolute atomic E-state index is 5.90. The number of ether oxygens (including phenoxy) is 1. The van der Waals surface area contributed by atoms with Crippen LogP contribution in [0.2, 0.25) is 0 Å². The number of hydrogen-bond donors (Lipinski definition) is 1. The molecular formula is C21H28Cl2N2O. The Labute approximate surface area is 169 Å². The molecule has 1 atom stereocenters. The predicted octanol–water partition coefficient (Wildman–Crippen LogP) is 5.24. The van der Waals surface area contributed by atoms with Crippen LogP contribution in [0, 0.1) is 0 Å². The normalized spacial score (nSPS) is 15.2. The minimum atomic E-state index is 0. The van der Waals surface area contributed by atoms with Gasteiger partial charge >= 0.3 is 0 Å². The van der Waals surface area contributed by atoms with Gasteiger partial charge in [0.25, 0.3) is 0 Å². The summed E-state index contributed by atoms with van der Waals surface area (Å²) < 4.78 is 5.90. The Morgan fingerprint density at radius 1 is 0.962 bits per heavy atom. The standard InChI is InChI=1S/C21H26N2O.2ClH/c1-2-3-9-21(23-16-14-22-15-17-23)18-10-12-20(13-11-18)24-19-7-5-4-6-8-19;;/h2,4-8,10-13,21-22H,1,3,9,14-17H2;2*1H/t21-;;/m0../s1. The van der Waals surface area contributed by atoms with E-state index in [1.165, 1.54) is 5.56 Å². The van der Waals surface area contributed by atoms with Crippen LogP contribution in [0.15, 0.2) is 67.3 Å². The number of benzene rings is 2. The first-order valence-electron chi connectivity index (χ1n) is 8.75. The van der Waals surface area contributed by atoms with Crippen LogP contribution < -0.4 is 10.1 Å². The molecule has 1 saturated heterocycles. The van der Waals surface area contributed by atoms with Crippen LogP contribution in [0.3, 0.4) is 0 Å². The van der Waals surface area contributed by atoms with Crippen molar-refractivity contribution in [2.45, 2.75) is 18.9 Å². The van der Waals surface area contributed by atoms with Gasteiger partial charge in [-0.1, -0.05) is 36.4 Å². The van der Waals surface area contributed by atoms with Crippen LogP contribution >= 0.6 is 24.8 Å². The van der Waals surface area contributed by atoms with E-state index in [1.54, 1.807) is 0 Å². The third-order valence-corrected chi connectivity index (χ3v) is 4.48. The van der Waals surface area contributed by atoms with E-state index in [9.17, 15) is 0 Å². The summed E-state index contributed by atoms with van der Waals surface area (Å²) in [5, 5.41) is 3.43. The molecule has 3 rings (SSSR count). The lowest BCUT2D eigenvalue weighted by Gasteiger charge is -2.35. The fourth-order valence-electron chi connectivity index (χ4n) is 3.21. The number of hydrogen-bond acceptors (Lipinski definition) is 3. The van der Waals surface area contributed by atoms with Gasteiger partial charge in [0.05, 0.1) is 0 Å². The van der Waals surface area contributed by atoms with Crippen molar-refractivity contribution in [3.8, 4) is 11.5 Å². The summed E-state index contributed by atoms with van der Waals surface area (Å²) in [7, 11) is 0. The van der Waals surface area contributed by atoms with Gasteiger partial charge in [0, 0.05) is 32.2 Å². The van der Waals surface area contributed by atoms with Crippen molar-refractivity contribution in [1.82, 2.24) is 10.2 Å². The second-order valence-electron chi connectivity index (χ2n) is 6.15. The zero-order valence-electron chi connectivity index (χ0n) is 15.0. The number of nitrogens with one attached hydrogen (secondary N) is 1. The largest absolute Gasteiger partial charge is 0.457 e. The molecule has 26 heavy (non-hydrogen) atoms. The number of allylic oxidation sites excluding steroid dienone is 1. The summed E-state index contributed by atoms with van der Waals surface area (Å²) >= 11 is 0. The molecule has 142 valence electrons. The first-order valence-corrected chi connectivity index (χ1v) is 8.75. The van der Waals surface area contributed by atoms with Crippen molar-refractivity contribution >= 4 is 24.8 Å².